The lowest BCUT2D eigenvalue weighted by Crippen LogP contribution is -2.57. The molecule has 7 nitrogen and oxygen atoms in total. The molecule has 0 aliphatic carbocycles. The number of halogens is 3. The summed E-state index contributed by atoms with van der Waals surface area (Å²) in [6.07, 6.45) is 0.268. The molecule has 0 saturated carbocycles. The first-order valence-corrected chi connectivity index (χ1v) is 11.0. The van der Waals surface area contributed by atoms with Crippen molar-refractivity contribution in [3.05, 3.63) is 54.2 Å². The highest BCUT2D eigenvalue weighted by molar-refractivity contribution is 5.73. The molecular formula is C24H29F3N2O5. The quantitative estimate of drug-likeness (QED) is 0.662. The summed E-state index contributed by atoms with van der Waals surface area (Å²) in [5.74, 6) is -1.16. The summed E-state index contributed by atoms with van der Waals surface area (Å²) >= 11 is 0. The van der Waals surface area contributed by atoms with Crippen LogP contribution in [0.2, 0.25) is 0 Å². The monoisotopic (exact) mass is 482 g/mol. The Labute approximate surface area is 196 Å². The van der Waals surface area contributed by atoms with Crippen molar-refractivity contribution in [2.75, 3.05) is 33.4 Å². The van der Waals surface area contributed by atoms with Crippen LogP contribution in [0.5, 0.6) is 11.6 Å². The van der Waals surface area contributed by atoms with Crippen LogP contribution in [0.4, 0.5) is 13.2 Å². The highest BCUT2D eigenvalue weighted by Gasteiger charge is 2.46. The molecular weight excluding hydrogens is 453 g/mol. The second-order valence-corrected chi connectivity index (χ2v) is 8.43. The van der Waals surface area contributed by atoms with Gasteiger partial charge in [0, 0.05) is 43.9 Å². The summed E-state index contributed by atoms with van der Waals surface area (Å²) in [6.45, 7) is 4.53. The molecule has 10 heteroatoms. The Hall–Kier alpha value is -2.85. The molecule has 0 bridgehead atoms. The van der Waals surface area contributed by atoms with Gasteiger partial charge in [-0.2, -0.15) is 13.2 Å². The van der Waals surface area contributed by atoms with Gasteiger partial charge in [-0.3, -0.25) is 4.90 Å². The maximum Gasteiger partial charge on any atom is 0.490 e. The van der Waals surface area contributed by atoms with Crippen molar-refractivity contribution in [1.82, 2.24) is 9.88 Å². The van der Waals surface area contributed by atoms with Crippen LogP contribution in [0, 0.1) is 5.41 Å². The lowest BCUT2D eigenvalue weighted by atomic mass is 9.73. The molecule has 0 spiro atoms. The number of benzene rings is 1. The number of hydrogen-bond acceptors (Lipinski definition) is 6. The molecule has 2 aliphatic rings. The molecule has 2 unspecified atom stereocenters. The van der Waals surface area contributed by atoms with E-state index < -0.39 is 12.1 Å². The van der Waals surface area contributed by atoms with Crippen LogP contribution in [-0.2, 0) is 16.1 Å². The number of carbonyl (C=O) groups is 1. The van der Waals surface area contributed by atoms with E-state index in [1.165, 1.54) is 5.56 Å². The number of carboxylic acid groups (broad SMARTS) is 1. The Morgan fingerprint density at radius 1 is 1.26 bits per heavy atom. The largest absolute Gasteiger partial charge is 0.497 e. The fraction of sp³-hybridized carbons (Fsp3) is 0.500. The molecule has 0 amide bonds. The third kappa shape index (κ3) is 7.07. The number of aliphatic carboxylic acids is 1. The number of carboxylic acids is 1. The number of fused-ring (bicyclic) bond motifs is 1. The van der Waals surface area contributed by atoms with Gasteiger partial charge in [0.05, 0.1) is 19.8 Å². The van der Waals surface area contributed by atoms with E-state index in [0.717, 1.165) is 51.3 Å². The summed E-state index contributed by atoms with van der Waals surface area (Å²) in [7, 11) is 1.70. The third-order valence-corrected chi connectivity index (χ3v) is 6.02. The number of aromatic nitrogens is 1. The average Bonchev–Trinajstić information content (AvgIpc) is 2.83. The first kappa shape index (κ1) is 25.8. The van der Waals surface area contributed by atoms with E-state index in [-0.39, 0.29) is 11.5 Å². The standard InChI is InChI=1S/C22H28N2O3.C2HF3O2/c1-25-19-8-6-18(7-9-19)15-24-13-10-20-22(16-24,11-4-14-26-20)17-27-21-5-2-3-12-23-21;3-2(4,5)1(6)7/h2-3,5-9,12,20H,4,10-11,13-17H2,1H3;(H,6,7). The fourth-order valence-electron chi connectivity index (χ4n) is 4.37. The molecule has 2 saturated heterocycles. The van der Waals surface area contributed by atoms with E-state index in [9.17, 15) is 13.2 Å². The van der Waals surface area contributed by atoms with Crippen LogP contribution in [0.3, 0.4) is 0 Å². The van der Waals surface area contributed by atoms with Crippen molar-refractivity contribution in [3.8, 4) is 11.6 Å². The van der Waals surface area contributed by atoms with Gasteiger partial charge in [-0.25, -0.2) is 9.78 Å². The van der Waals surface area contributed by atoms with Crippen LogP contribution < -0.4 is 9.47 Å². The lowest BCUT2D eigenvalue weighted by Gasteiger charge is -2.50. The first-order chi connectivity index (χ1) is 16.2. The van der Waals surface area contributed by atoms with Gasteiger partial charge in [0.2, 0.25) is 5.88 Å². The fourth-order valence-corrected chi connectivity index (χ4v) is 4.37. The molecule has 0 radical (unpaired) electrons. The number of rotatable bonds is 6. The highest BCUT2D eigenvalue weighted by atomic mass is 19.4. The SMILES string of the molecule is COc1ccc(CN2CCC3OCCCC3(COc3ccccn3)C2)cc1.O=C(O)C(F)(F)F. The zero-order chi connectivity index (χ0) is 24.6. The molecule has 4 rings (SSSR count). The minimum absolute atomic E-state index is 0.0422. The zero-order valence-electron chi connectivity index (χ0n) is 19.0. The Kier molecular flexibility index (Phi) is 8.73. The second kappa shape index (κ2) is 11.5. The van der Waals surface area contributed by atoms with E-state index in [0.29, 0.717) is 12.5 Å². The van der Waals surface area contributed by atoms with Gasteiger partial charge in [0.15, 0.2) is 0 Å². The summed E-state index contributed by atoms with van der Waals surface area (Å²) < 4.78 is 49.3. The Balaban J connectivity index is 0.000000406. The Morgan fingerprint density at radius 3 is 2.62 bits per heavy atom. The molecule has 1 N–H and O–H groups in total. The van der Waals surface area contributed by atoms with Crippen molar-refractivity contribution in [2.24, 2.45) is 5.41 Å². The van der Waals surface area contributed by atoms with Crippen molar-refractivity contribution in [3.63, 3.8) is 0 Å². The summed E-state index contributed by atoms with van der Waals surface area (Å²) in [4.78, 5) is 15.7. The number of likely N-dealkylation sites (tertiary alicyclic amines) is 1. The minimum Gasteiger partial charge on any atom is -0.497 e. The van der Waals surface area contributed by atoms with E-state index >= 15 is 0 Å². The molecule has 1 aromatic heterocycles. The van der Waals surface area contributed by atoms with Gasteiger partial charge >= 0.3 is 12.1 Å². The van der Waals surface area contributed by atoms with E-state index in [2.05, 4.69) is 22.0 Å². The van der Waals surface area contributed by atoms with Gasteiger partial charge in [-0.15, -0.1) is 0 Å². The first-order valence-electron chi connectivity index (χ1n) is 11.0. The number of ether oxygens (including phenoxy) is 3. The number of nitrogens with zero attached hydrogens (tertiary/aromatic N) is 2. The maximum atomic E-state index is 10.6. The van der Waals surface area contributed by atoms with Crippen LogP contribution in [0.25, 0.3) is 0 Å². The van der Waals surface area contributed by atoms with E-state index in [1.54, 1.807) is 13.3 Å². The molecule has 3 heterocycles. The predicted molar refractivity (Wildman–Crippen MR) is 118 cm³/mol. The van der Waals surface area contributed by atoms with Crippen molar-refractivity contribution < 1.29 is 37.3 Å². The number of methoxy groups -OCH3 is 1. The highest BCUT2D eigenvalue weighted by Crippen LogP contribution is 2.41. The van der Waals surface area contributed by atoms with Crippen LogP contribution in [0.15, 0.2) is 48.7 Å². The topological polar surface area (TPSA) is 81.1 Å². The van der Waals surface area contributed by atoms with Gasteiger partial charge in [-0.05, 0) is 43.0 Å². The Morgan fingerprint density at radius 2 is 2.00 bits per heavy atom. The summed E-state index contributed by atoms with van der Waals surface area (Å²) in [5, 5.41) is 7.12. The molecule has 1 aromatic carbocycles. The van der Waals surface area contributed by atoms with Crippen LogP contribution >= 0.6 is 0 Å². The van der Waals surface area contributed by atoms with Crippen molar-refractivity contribution in [2.45, 2.75) is 38.1 Å². The zero-order valence-corrected chi connectivity index (χ0v) is 19.0. The van der Waals surface area contributed by atoms with Crippen LogP contribution in [0.1, 0.15) is 24.8 Å². The minimum atomic E-state index is -5.08. The molecule has 2 fully saturated rings. The van der Waals surface area contributed by atoms with Gasteiger partial charge in [-0.1, -0.05) is 18.2 Å². The maximum absolute atomic E-state index is 10.6. The molecule has 34 heavy (non-hydrogen) atoms. The van der Waals surface area contributed by atoms with Crippen molar-refractivity contribution in [1.29, 1.82) is 0 Å². The Bertz CT molecular complexity index is 911. The molecule has 186 valence electrons. The van der Waals surface area contributed by atoms with Crippen molar-refractivity contribution >= 4 is 5.97 Å². The lowest BCUT2D eigenvalue weighted by molar-refractivity contribution is -0.192. The smallest absolute Gasteiger partial charge is 0.490 e. The number of hydrogen-bond donors (Lipinski definition) is 1. The predicted octanol–water partition coefficient (Wildman–Crippen LogP) is 4.17. The molecule has 2 aliphatic heterocycles. The van der Waals surface area contributed by atoms with Gasteiger partial charge in [0.1, 0.15) is 5.75 Å². The molecule has 2 atom stereocenters. The summed E-state index contributed by atoms with van der Waals surface area (Å²) in [5.41, 5.74) is 1.35. The average molecular weight is 482 g/mol. The number of piperidine rings is 1. The molecule has 2 aromatic rings. The van der Waals surface area contributed by atoms with Gasteiger partial charge in [0.25, 0.3) is 0 Å². The van der Waals surface area contributed by atoms with Crippen LogP contribution in [-0.4, -0.2) is 66.7 Å². The number of pyridine rings is 1. The second-order valence-electron chi connectivity index (χ2n) is 8.43. The van der Waals surface area contributed by atoms with E-state index in [4.69, 9.17) is 24.1 Å². The van der Waals surface area contributed by atoms with E-state index in [1.807, 2.05) is 30.3 Å². The third-order valence-electron chi connectivity index (χ3n) is 6.02. The normalized spacial score (nSPS) is 22.6. The number of alkyl halides is 3. The van der Waals surface area contributed by atoms with Gasteiger partial charge < -0.3 is 19.3 Å². The summed E-state index contributed by atoms with van der Waals surface area (Å²) in [6, 6.07) is 14.2.